The van der Waals surface area contributed by atoms with Gasteiger partial charge in [0.1, 0.15) is 0 Å². The second-order valence-electron chi connectivity index (χ2n) is 3.24. The molecular weight excluding hydrogens is 220 g/mol. The van der Waals surface area contributed by atoms with E-state index in [9.17, 15) is 4.79 Å². The molecule has 0 radical (unpaired) electrons. The molecule has 0 aliphatic carbocycles. The molecule has 0 saturated carbocycles. The van der Waals surface area contributed by atoms with E-state index in [4.69, 9.17) is 20.9 Å². The molecule has 0 aromatic rings. The monoisotopic (exact) mass is 244 g/mol. The van der Waals surface area contributed by atoms with Crippen LogP contribution in [0.2, 0.25) is 0 Å². The first-order valence-electron chi connectivity index (χ1n) is 5.55. The highest BCUT2D eigenvalue weighted by atomic mass is 16.5. The Labute approximate surface area is 103 Å². The predicted octanol–water partition coefficient (Wildman–Crippen LogP) is 0.950. The summed E-state index contributed by atoms with van der Waals surface area (Å²) in [7, 11) is 0. The van der Waals surface area contributed by atoms with Crippen molar-refractivity contribution in [3.8, 4) is 0 Å². The number of carbonyl (C=O) groups excluding carboxylic acids is 1. The Morgan fingerprint density at radius 1 is 1.24 bits per heavy atom. The second-order valence-corrected chi connectivity index (χ2v) is 3.24. The van der Waals surface area contributed by atoms with Gasteiger partial charge in [0.2, 0.25) is 0 Å². The van der Waals surface area contributed by atoms with E-state index < -0.39 is 0 Å². The van der Waals surface area contributed by atoms with Crippen LogP contribution >= 0.6 is 0 Å². The Bertz CT molecular complexity index is 218. The molecule has 100 valence electrons. The summed E-state index contributed by atoms with van der Waals surface area (Å²) in [5.41, 5.74) is 10.8. The van der Waals surface area contributed by atoms with Gasteiger partial charge in [-0.25, -0.2) is 4.79 Å². The summed E-state index contributed by atoms with van der Waals surface area (Å²) in [5, 5.41) is 0. The second kappa shape index (κ2) is 14.7. The van der Waals surface area contributed by atoms with Gasteiger partial charge in [-0.15, -0.1) is 0 Å². The van der Waals surface area contributed by atoms with E-state index in [1.54, 1.807) is 6.92 Å². The highest BCUT2D eigenvalue weighted by molar-refractivity contribution is 5.86. The van der Waals surface area contributed by atoms with Crippen LogP contribution < -0.4 is 11.5 Å². The molecule has 17 heavy (non-hydrogen) atoms. The van der Waals surface area contributed by atoms with Gasteiger partial charge in [-0.05, 0) is 32.9 Å². The maximum atomic E-state index is 10.7. The minimum Gasteiger partial charge on any atom is -0.502 e. The molecule has 0 saturated heterocycles. The minimum atomic E-state index is -0.339. The highest BCUT2D eigenvalue weighted by Gasteiger charge is 2.00. The van der Waals surface area contributed by atoms with Gasteiger partial charge in [-0.3, -0.25) is 0 Å². The molecular formula is C12H24N2O3. The summed E-state index contributed by atoms with van der Waals surface area (Å²) >= 11 is 0. The van der Waals surface area contributed by atoms with Crippen molar-refractivity contribution in [2.45, 2.75) is 19.8 Å². The Morgan fingerprint density at radius 2 is 1.76 bits per heavy atom. The lowest BCUT2D eigenvalue weighted by atomic mass is 10.4. The third kappa shape index (κ3) is 17.3. The van der Waals surface area contributed by atoms with Crippen LogP contribution in [-0.4, -0.2) is 32.3 Å². The van der Waals surface area contributed by atoms with Crippen LogP contribution in [-0.2, 0) is 14.3 Å². The normalized spacial score (nSPS) is 8.65. The maximum Gasteiger partial charge on any atom is 0.333 e. The van der Waals surface area contributed by atoms with Crippen LogP contribution in [0.25, 0.3) is 0 Å². The zero-order valence-electron chi connectivity index (χ0n) is 10.6. The number of nitrogens with two attached hydrogens (primary N) is 2. The van der Waals surface area contributed by atoms with E-state index >= 15 is 0 Å². The van der Waals surface area contributed by atoms with Crippen LogP contribution in [0.5, 0.6) is 0 Å². The predicted molar refractivity (Wildman–Crippen MR) is 69.3 cm³/mol. The summed E-state index contributed by atoms with van der Waals surface area (Å²) in [6.07, 6.45) is 3.04. The van der Waals surface area contributed by atoms with Crippen LogP contribution in [0.4, 0.5) is 0 Å². The lowest BCUT2D eigenvalue weighted by Gasteiger charge is -2.01. The third-order valence-electron chi connectivity index (χ3n) is 1.51. The van der Waals surface area contributed by atoms with Gasteiger partial charge in [0.15, 0.2) is 0 Å². The Morgan fingerprint density at radius 3 is 2.18 bits per heavy atom. The molecule has 0 aliphatic heterocycles. The van der Waals surface area contributed by atoms with Crippen molar-refractivity contribution >= 4 is 5.97 Å². The summed E-state index contributed by atoms with van der Waals surface area (Å²) in [5.74, 6) is -0.339. The standard InChI is InChI=1S/C7H13NO2.C5H11NO/c1-6(2)7(9)10-5-3-4-8;1-2-7-5-3-4-6/h1,3-5,8H2,2H3;2H,1,3-6H2. The van der Waals surface area contributed by atoms with Crippen LogP contribution in [0.15, 0.2) is 25.0 Å². The number of rotatable bonds is 8. The van der Waals surface area contributed by atoms with Gasteiger partial charge in [0.05, 0.1) is 19.5 Å². The fourth-order valence-electron chi connectivity index (χ4n) is 0.621. The Balaban J connectivity index is 0. The average molecular weight is 244 g/mol. The first-order chi connectivity index (χ1) is 8.09. The van der Waals surface area contributed by atoms with Gasteiger partial charge in [-0.1, -0.05) is 13.2 Å². The molecule has 0 spiro atoms. The molecule has 4 N–H and O–H groups in total. The average Bonchev–Trinajstić information content (AvgIpc) is 2.30. The summed E-state index contributed by atoms with van der Waals surface area (Å²) < 4.78 is 9.48. The Hall–Kier alpha value is -1.33. The SMILES string of the molecule is C=C(C)C(=O)OCCCN.C=COCCCN. The fraction of sp³-hybridized carbons (Fsp3) is 0.583. The summed E-state index contributed by atoms with van der Waals surface area (Å²) in [6.45, 7) is 10.7. The van der Waals surface area contributed by atoms with Crippen molar-refractivity contribution in [2.75, 3.05) is 26.3 Å². The molecule has 5 nitrogen and oxygen atoms in total. The molecule has 0 heterocycles. The zero-order chi connectivity index (χ0) is 13.5. The molecule has 0 atom stereocenters. The molecule has 0 rings (SSSR count). The van der Waals surface area contributed by atoms with Gasteiger partial charge < -0.3 is 20.9 Å². The molecule has 0 fully saturated rings. The third-order valence-corrected chi connectivity index (χ3v) is 1.51. The van der Waals surface area contributed by atoms with E-state index in [0.29, 0.717) is 38.3 Å². The lowest BCUT2D eigenvalue weighted by molar-refractivity contribution is -0.138. The summed E-state index contributed by atoms with van der Waals surface area (Å²) in [4.78, 5) is 10.7. The van der Waals surface area contributed by atoms with Gasteiger partial charge in [0.25, 0.3) is 0 Å². The van der Waals surface area contributed by atoms with Crippen molar-refractivity contribution in [3.63, 3.8) is 0 Å². The van der Waals surface area contributed by atoms with E-state index in [1.807, 2.05) is 0 Å². The quantitative estimate of drug-likeness (QED) is 0.287. The van der Waals surface area contributed by atoms with Gasteiger partial charge in [-0.2, -0.15) is 0 Å². The van der Waals surface area contributed by atoms with E-state index in [1.165, 1.54) is 6.26 Å². The molecule has 5 heteroatoms. The number of hydrogen-bond acceptors (Lipinski definition) is 5. The van der Waals surface area contributed by atoms with Crippen LogP contribution in [0, 0.1) is 0 Å². The van der Waals surface area contributed by atoms with E-state index in [2.05, 4.69) is 13.2 Å². The molecule has 0 unspecified atom stereocenters. The number of hydrogen-bond donors (Lipinski definition) is 2. The lowest BCUT2D eigenvalue weighted by Crippen LogP contribution is -2.09. The number of ether oxygens (including phenoxy) is 2. The molecule has 0 amide bonds. The van der Waals surface area contributed by atoms with Crippen LogP contribution in [0.1, 0.15) is 19.8 Å². The Kier molecular flexibility index (Phi) is 15.6. The van der Waals surface area contributed by atoms with Gasteiger partial charge >= 0.3 is 5.97 Å². The topological polar surface area (TPSA) is 87.6 Å². The number of carbonyl (C=O) groups is 1. The first kappa shape index (κ1) is 18.0. The van der Waals surface area contributed by atoms with Crippen molar-refractivity contribution < 1.29 is 14.3 Å². The molecule has 0 aromatic heterocycles. The molecule has 0 bridgehead atoms. The van der Waals surface area contributed by atoms with Crippen molar-refractivity contribution in [3.05, 3.63) is 25.0 Å². The molecule has 0 aliphatic rings. The van der Waals surface area contributed by atoms with E-state index in [0.717, 1.165) is 6.42 Å². The summed E-state index contributed by atoms with van der Waals surface area (Å²) in [6, 6.07) is 0. The maximum absolute atomic E-state index is 10.7. The highest BCUT2D eigenvalue weighted by Crippen LogP contribution is 1.91. The van der Waals surface area contributed by atoms with Crippen LogP contribution in [0.3, 0.4) is 0 Å². The minimum absolute atomic E-state index is 0.339. The zero-order valence-corrected chi connectivity index (χ0v) is 10.6. The number of esters is 1. The fourth-order valence-corrected chi connectivity index (χ4v) is 0.621. The molecule has 0 aromatic carbocycles. The van der Waals surface area contributed by atoms with Crippen molar-refractivity contribution in [1.29, 1.82) is 0 Å². The smallest absolute Gasteiger partial charge is 0.333 e. The van der Waals surface area contributed by atoms with Crippen molar-refractivity contribution in [2.24, 2.45) is 11.5 Å². The van der Waals surface area contributed by atoms with Crippen molar-refractivity contribution in [1.82, 2.24) is 0 Å². The largest absolute Gasteiger partial charge is 0.502 e. The first-order valence-corrected chi connectivity index (χ1v) is 5.55. The van der Waals surface area contributed by atoms with Gasteiger partial charge in [0, 0.05) is 5.57 Å². The van der Waals surface area contributed by atoms with E-state index in [-0.39, 0.29) is 5.97 Å².